The molecule has 0 amide bonds. The fraction of sp³-hybridized carbons (Fsp3) is 0.375. The van der Waals surface area contributed by atoms with Gasteiger partial charge in [0.05, 0.1) is 11.8 Å². The van der Waals surface area contributed by atoms with E-state index < -0.39 is 128 Å². The van der Waals surface area contributed by atoms with Crippen LogP contribution in [-0.4, -0.2) is 76.6 Å². The molecule has 12 nitrogen and oxygen atoms in total. The summed E-state index contributed by atoms with van der Waals surface area (Å²) in [5.41, 5.74) is -22.5. The average molecular weight is 1080 g/mol. The zero-order valence-electron chi connectivity index (χ0n) is 21.5. The van der Waals surface area contributed by atoms with Crippen LogP contribution in [0.1, 0.15) is 0 Å². The highest BCUT2D eigenvalue weighted by Gasteiger charge is 2.50. The lowest BCUT2D eigenvalue weighted by Crippen LogP contribution is -3.59. The average Bonchev–Trinajstić information content (AvgIpc) is 2.86. The van der Waals surface area contributed by atoms with Crippen LogP contribution in [0.4, 0.5) is 52.7 Å². The molecule has 0 aliphatic rings. The molecule has 1 aromatic rings. The number of hydrogen-bond donors (Lipinski definition) is 0. The van der Waals surface area contributed by atoms with Gasteiger partial charge in [0, 0.05) is 0 Å². The molecule has 0 atom stereocenters. The van der Waals surface area contributed by atoms with Gasteiger partial charge in [0.25, 0.3) is 0 Å². The first-order chi connectivity index (χ1) is 21.0. The monoisotopic (exact) mass is 1070 g/mol. The molecule has 0 aliphatic heterocycles. The Kier molecular flexibility index (Phi) is 19.2. The van der Waals surface area contributed by atoms with Crippen LogP contribution in [0.2, 0.25) is 0 Å². The largest absolute Gasteiger partial charge is 0.741 e. The molecule has 0 radical (unpaired) electrons. The molecule has 1 aromatic carbocycles. The standard InChI is InChI=1S/C14H10Cl2F6I2O6S2.2CHF3O3S/c15-5-11(29-31(25,26)13(17,18)19)7-23-9-1-2-10(4-3-9)24-8-12(6-16)30-32(27,28)14(20,21)22;2*2-1(3,4)8(5,6)7/h1-4,7-8H,5-6H2;2*(H,5,6,7)/q+2;;/p-2/b11-7+,12-8+;;. The molecular formula is C16H10Cl2F12I2O12S4. The van der Waals surface area contributed by atoms with Gasteiger partial charge in [0.2, 0.25) is 0 Å². The second kappa shape index (κ2) is 18.6. The first kappa shape index (κ1) is 49.3. The molecule has 32 heteroatoms. The summed E-state index contributed by atoms with van der Waals surface area (Å²) in [6.45, 7) is 0. The van der Waals surface area contributed by atoms with Crippen LogP contribution in [0.5, 0.6) is 0 Å². The maximum Gasteiger partial charge on any atom is 0.534 e. The van der Waals surface area contributed by atoms with E-state index in [9.17, 15) is 69.5 Å². The van der Waals surface area contributed by atoms with Gasteiger partial charge < -0.3 is 17.5 Å². The van der Waals surface area contributed by atoms with Gasteiger partial charge >= 0.3 is 84.7 Å². The van der Waals surface area contributed by atoms with Crippen LogP contribution in [0.25, 0.3) is 0 Å². The molecular weight excluding hydrogens is 1070 g/mol. The van der Waals surface area contributed by atoms with Crippen LogP contribution < -0.4 is 42.4 Å². The highest BCUT2D eigenvalue weighted by molar-refractivity contribution is 7.88. The lowest BCUT2D eigenvalue weighted by Gasteiger charge is -2.08. The molecule has 0 unspecified atom stereocenters. The molecule has 0 saturated carbocycles. The third-order valence-electron chi connectivity index (χ3n) is 3.24. The van der Waals surface area contributed by atoms with Crippen molar-refractivity contribution in [2.45, 2.75) is 22.0 Å². The van der Waals surface area contributed by atoms with Crippen LogP contribution in [0.15, 0.2) is 43.9 Å². The van der Waals surface area contributed by atoms with Gasteiger partial charge in [-0.2, -0.15) is 69.5 Å². The summed E-state index contributed by atoms with van der Waals surface area (Å²) in [6, 6.07) is 6.24. The number of halogens is 16. The van der Waals surface area contributed by atoms with E-state index in [1.54, 1.807) is 24.3 Å². The lowest BCUT2D eigenvalue weighted by atomic mass is 10.4. The molecule has 0 bridgehead atoms. The quantitative estimate of drug-likeness (QED) is 0.0486. The number of hydrogen-bond acceptors (Lipinski definition) is 12. The van der Waals surface area contributed by atoms with Crippen LogP contribution >= 0.6 is 23.2 Å². The molecule has 0 N–H and O–H groups in total. The van der Waals surface area contributed by atoms with Gasteiger partial charge in [-0.1, -0.05) is 0 Å². The number of benzene rings is 1. The first-order valence-electron chi connectivity index (χ1n) is 9.95. The Labute approximate surface area is 292 Å². The molecule has 0 aliphatic carbocycles. The van der Waals surface area contributed by atoms with Crippen molar-refractivity contribution in [1.29, 1.82) is 0 Å². The Morgan fingerprint density at radius 3 is 0.917 bits per heavy atom. The normalized spacial score (nSPS) is 14.2. The molecule has 282 valence electrons. The van der Waals surface area contributed by atoms with E-state index in [2.05, 4.69) is 8.37 Å². The second-order valence-electron chi connectivity index (χ2n) is 6.84. The van der Waals surface area contributed by atoms with Gasteiger partial charge in [-0.25, -0.2) is 16.8 Å². The van der Waals surface area contributed by atoms with Gasteiger partial charge in [0.15, 0.2) is 47.1 Å². The first-order valence-corrected chi connectivity index (χ1v) is 21.3. The van der Waals surface area contributed by atoms with Crippen molar-refractivity contribution in [3.8, 4) is 0 Å². The number of allylic oxidation sites excluding steroid dienone is 2. The van der Waals surface area contributed by atoms with Crippen molar-refractivity contribution in [3.05, 3.63) is 51.1 Å². The van der Waals surface area contributed by atoms with Crippen molar-refractivity contribution in [2.75, 3.05) is 11.8 Å². The smallest absolute Gasteiger partial charge is 0.534 e. The summed E-state index contributed by atoms with van der Waals surface area (Å²) >= 11 is 8.58. The molecule has 0 fully saturated rings. The minimum absolute atomic E-state index is 0.578. The summed E-state index contributed by atoms with van der Waals surface area (Å²) in [4.78, 5) is 0. The van der Waals surface area contributed by atoms with Crippen molar-refractivity contribution in [3.63, 3.8) is 0 Å². The van der Waals surface area contributed by atoms with E-state index in [0.29, 0.717) is 7.14 Å². The molecule has 0 saturated heterocycles. The van der Waals surface area contributed by atoms with Gasteiger partial charge in [-0.15, -0.1) is 23.2 Å². The fourth-order valence-electron chi connectivity index (χ4n) is 1.34. The van der Waals surface area contributed by atoms with Crippen LogP contribution in [0, 0.1) is 7.14 Å². The summed E-state index contributed by atoms with van der Waals surface area (Å²) in [7, 11) is -23.8. The zero-order chi connectivity index (χ0) is 38.8. The molecule has 0 spiro atoms. The molecule has 0 heterocycles. The third-order valence-corrected chi connectivity index (χ3v) is 11.8. The molecule has 1 rings (SSSR count). The van der Waals surface area contributed by atoms with E-state index in [4.69, 9.17) is 49.1 Å². The van der Waals surface area contributed by atoms with Crippen LogP contribution in [0.3, 0.4) is 0 Å². The third kappa shape index (κ3) is 18.5. The summed E-state index contributed by atoms with van der Waals surface area (Å²) in [6.07, 6.45) is 0. The Hall–Kier alpha value is -0.780. The maximum atomic E-state index is 12.4. The molecule has 48 heavy (non-hydrogen) atoms. The summed E-state index contributed by atoms with van der Waals surface area (Å²) in [5.74, 6) is -2.37. The number of alkyl halides is 14. The van der Waals surface area contributed by atoms with Crippen molar-refractivity contribution < 1.29 is 146 Å². The maximum absolute atomic E-state index is 12.4. The van der Waals surface area contributed by atoms with Crippen molar-refractivity contribution in [1.82, 2.24) is 0 Å². The Bertz CT molecular complexity index is 1580. The minimum Gasteiger partial charge on any atom is -0.741 e. The zero-order valence-corrected chi connectivity index (χ0v) is 30.6. The SMILES string of the molecule is O=S(=O)(O/C(=C/[I+]c1ccc([I+]/C=C(\CCl)OS(=O)(=O)C(F)(F)F)cc1)CCl)C(F)(F)F.O=S(=O)([O-])C(F)(F)F.O=S(=O)([O-])C(F)(F)F. The highest BCUT2D eigenvalue weighted by atomic mass is 127. The van der Waals surface area contributed by atoms with Gasteiger partial charge in [-0.3, -0.25) is 0 Å². The van der Waals surface area contributed by atoms with E-state index in [0.717, 1.165) is 8.17 Å². The minimum atomic E-state index is -6.09. The summed E-state index contributed by atoms with van der Waals surface area (Å²) < 4.78 is 248. The summed E-state index contributed by atoms with van der Waals surface area (Å²) in [5, 5.41) is 0. The van der Waals surface area contributed by atoms with Crippen molar-refractivity contribution >= 4 is 63.7 Å². The predicted molar refractivity (Wildman–Crippen MR) is 125 cm³/mol. The highest BCUT2D eigenvalue weighted by Crippen LogP contribution is 2.27. The lowest BCUT2D eigenvalue weighted by molar-refractivity contribution is -0.564. The van der Waals surface area contributed by atoms with E-state index in [-0.39, 0.29) is 0 Å². The number of rotatable bonds is 10. The Balaban J connectivity index is 0. The fourth-order valence-corrected chi connectivity index (χ4v) is 7.22. The Morgan fingerprint density at radius 2 is 0.771 bits per heavy atom. The van der Waals surface area contributed by atoms with E-state index >= 15 is 0 Å². The molecule has 0 aromatic heterocycles. The van der Waals surface area contributed by atoms with E-state index in [1.165, 1.54) is 0 Å². The van der Waals surface area contributed by atoms with Crippen LogP contribution in [-0.2, 0) is 48.8 Å². The van der Waals surface area contributed by atoms with Gasteiger partial charge in [0.1, 0.15) is 0 Å². The van der Waals surface area contributed by atoms with E-state index in [1.807, 2.05) is 0 Å². The van der Waals surface area contributed by atoms with Gasteiger partial charge in [-0.05, 0) is 24.3 Å². The topological polar surface area (TPSA) is 201 Å². The Morgan fingerprint density at radius 1 is 0.562 bits per heavy atom. The second-order valence-corrected chi connectivity index (χ2v) is 18.2. The van der Waals surface area contributed by atoms with Crippen molar-refractivity contribution in [2.24, 2.45) is 0 Å². The predicted octanol–water partition coefficient (Wildman–Crippen LogP) is -1.80.